The summed E-state index contributed by atoms with van der Waals surface area (Å²) in [6.07, 6.45) is 6.11. The molecule has 6 nitrogen and oxygen atoms in total. The van der Waals surface area contributed by atoms with Crippen LogP contribution in [0, 0.1) is 0 Å². The van der Waals surface area contributed by atoms with Gasteiger partial charge in [-0.25, -0.2) is 0 Å². The van der Waals surface area contributed by atoms with Gasteiger partial charge in [0.2, 0.25) is 0 Å². The largest absolute Gasteiger partial charge is 0.381 e. The maximum atomic E-state index is 13.4. The van der Waals surface area contributed by atoms with E-state index < -0.39 is 0 Å². The van der Waals surface area contributed by atoms with Crippen LogP contribution in [0.5, 0.6) is 0 Å². The molecule has 2 aromatic rings. The molecule has 1 aliphatic carbocycles. The number of thioether (sulfide) groups is 1. The number of aromatic nitrogens is 2. The van der Waals surface area contributed by atoms with Gasteiger partial charge in [0.1, 0.15) is 0 Å². The molecule has 2 saturated heterocycles. The quantitative estimate of drug-likeness (QED) is 0.653. The van der Waals surface area contributed by atoms with Crippen molar-refractivity contribution in [3.63, 3.8) is 0 Å². The smallest absolute Gasteiger partial charge is 0.274 e. The van der Waals surface area contributed by atoms with Crippen LogP contribution in [0.1, 0.15) is 59.9 Å². The molecule has 1 N–H and O–H groups in total. The Balaban J connectivity index is 1.34. The molecule has 0 unspecified atom stereocenters. The number of rotatable bonds is 7. The fraction of sp³-hybridized carbons (Fsp3) is 0.630. The maximum absolute atomic E-state index is 13.4. The topological polar surface area (TPSA) is 59.4 Å². The number of fused-ring (bicyclic) bond motifs is 1. The molecule has 2 aliphatic heterocycles. The first kappa shape index (κ1) is 23.9. The number of benzene rings is 1. The van der Waals surface area contributed by atoms with Crippen molar-refractivity contribution in [1.82, 2.24) is 20.0 Å². The minimum Gasteiger partial charge on any atom is -0.381 e. The molecular weight excluding hydrogens is 444 g/mol. The lowest BCUT2D eigenvalue weighted by atomic mass is 9.73. The molecule has 5 rings (SSSR count). The van der Waals surface area contributed by atoms with Gasteiger partial charge in [0.25, 0.3) is 5.91 Å². The number of carbonyl (C=O) groups excluding carboxylic acids is 1. The van der Waals surface area contributed by atoms with Gasteiger partial charge in [0.05, 0.1) is 0 Å². The van der Waals surface area contributed by atoms with Crippen molar-refractivity contribution >= 4 is 17.7 Å². The van der Waals surface area contributed by atoms with Gasteiger partial charge in [-0.2, -0.15) is 16.9 Å². The van der Waals surface area contributed by atoms with Gasteiger partial charge in [0.15, 0.2) is 5.69 Å². The van der Waals surface area contributed by atoms with Crippen molar-refractivity contribution in [2.24, 2.45) is 0 Å². The van der Waals surface area contributed by atoms with Crippen molar-refractivity contribution in [2.45, 2.75) is 63.5 Å². The van der Waals surface area contributed by atoms with Gasteiger partial charge in [-0.05, 0) is 44.1 Å². The van der Waals surface area contributed by atoms with Crippen molar-refractivity contribution < 1.29 is 9.53 Å². The molecule has 1 atom stereocenters. The van der Waals surface area contributed by atoms with E-state index in [-0.39, 0.29) is 11.3 Å². The summed E-state index contributed by atoms with van der Waals surface area (Å²) < 4.78 is 7.85. The Labute approximate surface area is 207 Å². The minimum atomic E-state index is 0.121. The first-order valence-electron chi connectivity index (χ1n) is 13.0. The van der Waals surface area contributed by atoms with Crippen molar-refractivity contribution in [3.8, 4) is 0 Å². The molecule has 0 bridgehead atoms. The summed E-state index contributed by atoms with van der Waals surface area (Å²) in [6, 6.07) is 11.3. The summed E-state index contributed by atoms with van der Waals surface area (Å²) >= 11 is 1.93. The highest BCUT2D eigenvalue weighted by Gasteiger charge is 2.36. The average Bonchev–Trinajstić information content (AvgIpc) is 3.26. The number of hydrogen-bond donors (Lipinski definition) is 1. The second-order valence-electron chi connectivity index (χ2n) is 9.98. The normalized spacial score (nSPS) is 22.4. The van der Waals surface area contributed by atoms with Crippen LogP contribution >= 0.6 is 11.8 Å². The van der Waals surface area contributed by atoms with E-state index in [0.717, 1.165) is 89.4 Å². The summed E-state index contributed by atoms with van der Waals surface area (Å²) in [6.45, 7) is 7.34. The third-order valence-corrected chi connectivity index (χ3v) is 8.79. The summed E-state index contributed by atoms with van der Waals surface area (Å²) in [7, 11) is 0. The van der Waals surface area contributed by atoms with Crippen LogP contribution in [0.3, 0.4) is 0 Å². The maximum Gasteiger partial charge on any atom is 0.274 e. The van der Waals surface area contributed by atoms with Gasteiger partial charge < -0.3 is 15.0 Å². The van der Waals surface area contributed by atoms with Crippen molar-refractivity contribution in [1.29, 1.82) is 0 Å². The molecule has 34 heavy (non-hydrogen) atoms. The van der Waals surface area contributed by atoms with Crippen LogP contribution < -0.4 is 5.32 Å². The second kappa shape index (κ2) is 10.8. The lowest BCUT2D eigenvalue weighted by Gasteiger charge is -2.39. The van der Waals surface area contributed by atoms with E-state index in [9.17, 15) is 4.79 Å². The molecule has 3 heterocycles. The summed E-state index contributed by atoms with van der Waals surface area (Å²) in [4.78, 5) is 15.5. The molecule has 0 radical (unpaired) electrons. The molecule has 0 saturated carbocycles. The average molecular weight is 483 g/mol. The zero-order chi connectivity index (χ0) is 23.4. The van der Waals surface area contributed by atoms with Gasteiger partial charge in [-0.3, -0.25) is 9.48 Å². The molecule has 0 spiro atoms. The van der Waals surface area contributed by atoms with Gasteiger partial charge in [-0.15, -0.1) is 0 Å². The first-order valence-corrected chi connectivity index (χ1v) is 14.2. The molecule has 1 amide bonds. The van der Waals surface area contributed by atoms with Crippen LogP contribution in [0.2, 0.25) is 0 Å². The van der Waals surface area contributed by atoms with Crippen LogP contribution in [-0.4, -0.2) is 71.0 Å². The molecule has 184 valence electrons. The Morgan fingerprint density at radius 1 is 1.21 bits per heavy atom. The number of ether oxygens (including phenoxy) is 1. The Hall–Kier alpha value is -1.83. The summed E-state index contributed by atoms with van der Waals surface area (Å²) in [5.74, 6) is 2.19. The predicted octanol–water partition coefficient (Wildman–Crippen LogP) is 3.68. The second-order valence-corrected chi connectivity index (χ2v) is 11.2. The SMILES string of the molecule is CCCn1nc(C(=O)N2CCSCC2)c2c1CC[C@H](NCC1(c3ccccc3)CCOCC1)C2. The third kappa shape index (κ3) is 4.93. The summed E-state index contributed by atoms with van der Waals surface area (Å²) in [5, 5.41) is 8.81. The lowest BCUT2D eigenvalue weighted by Crippen LogP contribution is -2.47. The fourth-order valence-electron chi connectivity index (χ4n) is 5.81. The number of aryl methyl sites for hydroxylation is 1. The summed E-state index contributed by atoms with van der Waals surface area (Å²) in [5.41, 5.74) is 4.73. The van der Waals surface area contributed by atoms with Crippen LogP contribution in [0.25, 0.3) is 0 Å². The van der Waals surface area contributed by atoms with Gasteiger partial charge >= 0.3 is 0 Å². The van der Waals surface area contributed by atoms with Crippen LogP contribution in [0.15, 0.2) is 30.3 Å². The zero-order valence-electron chi connectivity index (χ0n) is 20.4. The number of carbonyl (C=O) groups is 1. The van der Waals surface area contributed by atoms with E-state index in [4.69, 9.17) is 9.84 Å². The van der Waals surface area contributed by atoms with Crippen LogP contribution in [0.4, 0.5) is 0 Å². The standard InChI is InChI=1S/C27H38N4O2S/c1-2-12-31-24-9-8-22(19-23(24)25(29-31)26(32)30-13-17-34-18-14-30)28-20-27(10-15-33-16-11-27)21-6-4-3-5-7-21/h3-7,22,28H,2,8-20H2,1H3/t22-/m0/s1. The van der Waals surface area contributed by atoms with Gasteiger partial charge in [0, 0.05) is 73.6 Å². The van der Waals surface area contributed by atoms with E-state index in [1.54, 1.807) is 0 Å². The van der Waals surface area contributed by atoms with E-state index in [0.29, 0.717) is 11.7 Å². The Kier molecular flexibility index (Phi) is 7.61. The minimum absolute atomic E-state index is 0.121. The Morgan fingerprint density at radius 3 is 2.71 bits per heavy atom. The molecule has 1 aromatic heterocycles. The molecule has 3 aliphatic rings. The van der Waals surface area contributed by atoms with E-state index in [1.165, 1.54) is 16.8 Å². The van der Waals surface area contributed by atoms with E-state index in [2.05, 4.69) is 47.3 Å². The Morgan fingerprint density at radius 2 is 1.97 bits per heavy atom. The Bertz CT molecular complexity index is 965. The molecular formula is C27H38N4O2S. The fourth-order valence-corrected chi connectivity index (χ4v) is 6.71. The number of nitrogens with one attached hydrogen (secondary N) is 1. The van der Waals surface area contributed by atoms with Gasteiger partial charge in [-0.1, -0.05) is 37.3 Å². The van der Waals surface area contributed by atoms with Crippen LogP contribution in [-0.2, 0) is 29.5 Å². The van der Waals surface area contributed by atoms with Crippen molar-refractivity contribution in [2.75, 3.05) is 44.4 Å². The predicted molar refractivity (Wildman–Crippen MR) is 138 cm³/mol. The van der Waals surface area contributed by atoms with Crippen molar-refractivity contribution in [3.05, 3.63) is 52.8 Å². The monoisotopic (exact) mass is 482 g/mol. The van der Waals surface area contributed by atoms with E-state index in [1.807, 2.05) is 16.7 Å². The highest BCUT2D eigenvalue weighted by Crippen LogP contribution is 2.35. The number of amides is 1. The molecule has 7 heteroatoms. The lowest BCUT2D eigenvalue weighted by molar-refractivity contribution is 0.0486. The van der Waals surface area contributed by atoms with E-state index >= 15 is 0 Å². The zero-order valence-corrected chi connectivity index (χ0v) is 21.2. The highest BCUT2D eigenvalue weighted by molar-refractivity contribution is 7.99. The number of nitrogens with zero attached hydrogens (tertiary/aromatic N) is 3. The molecule has 1 aromatic carbocycles. The third-order valence-electron chi connectivity index (χ3n) is 7.85. The first-order chi connectivity index (χ1) is 16.7. The highest BCUT2D eigenvalue weighted by atomic mass is 32.2. The molecule has 2 fully saturated rings. The number of hydrogen-bond acceptors (Lipinski definition) is 5.